The van der Waals surface area contributed by atoms with Crippen molar-refractivity contribution in [2.24, 2.45) is 0 Å². The first-order valence-electron chi connectivity index (χ1n) is 6.93. The largest absolute Gasteiger partial charge is 0.465 e. The molecule has 8 heteroatoms. The minimum atomic E-state index is -0.726. The highest BCUT2D eigenvalue weighted by atomic mass is 32.2. The van der Waals surface area contributed by atoms with Crippen LogP contribution < -0.4 is 5.32 Å². The molecular formula is C12H21N5O2S. The number of tetrazole rings is 1. The predicted octanol–water partition coefficient (Wildman–Crippen LogP) is 1.03. The van der Waals surface area contributed by atoms with Gasteiger partial charge in [-0.1, -0.05) is 18.7 Å². The fourth-order valence-electron chi connectivity index (χ4n) is 1.90. The second-order valence-corrected chi connectivity index (χ2v) is 5.95. The molecule has 0 saturated heterocycles. The summed E-state index contributed by atoms with van der Waals surface area (Å²) in [6, 6.07) is 0.431. The highest BCUT2D eigenvalue weighted by Gasteiger charge is 2.35. The van der Waals surface area contributed by atoms with E-state index in [-0.39, 0.29) is 5.97 Å². The Morgan fingerprint density at radius 3 is 2.90 bits per heavy atom. The topological polar surface area (TPSA) is 81.9 Å². The van der Waals surface area contributed by atoms with Crippen molar-refractivity contribution in [1.82, 2.24) is 25.5 Å². The van der Waals surface area contributed by atoms with Crippen LogP contribution in [0.3, 0.4) is 0 Å². The molecule has 112 valence electrons. The number of nitrogens with zero attached hydrogens (tertiary/aromatic N) is 4. The van der Waals surface area contributed by atoms with Crippen LogP contribution in [-0.2, 0) is 9.53 Å². The lowest BCUT2D eigenvalue weighted by Gasteiger charge is -2.27. The molecular weight excluding hydrogens is 278 g/mol. The predicted molar refractivity (Wildman–Crippen MR) is 75.5 cm³/mol. The van der Waals surface area contributed by atoms with Gasteiger partial charge in [-0.2, -0.15) is 0 Å². The van der Waals surface area contributed by atoms with E-state index in [1.54, 1.807) is 0 Å². The summed E-state index contributed by atoms with van der Waals surface area (Å²) < 4.78 is 7.00. The summed E-state index contributed by atoms with van der Waals surface area (Å²) in [6.45, 7) is 6.71. The Bertz CT molecular complexity index is 462. The lowest BCUT2D eigenvalue weighted by Crippen LogP contribution is -2.52. The normalized spacial score (nSPS) is 17.8. The van der Waals surface area contributed by atoms with Crippen molar-refractivity contribution in [3.63, 3.8) is 0 Å². The molecule has 0 aliphatic heterocycles. The van der Waals surface area contributed by atoms with Gasteiger partial charge < -0.3 is 10.1 Å². The van der Waals surface area contributed by atoms with Gasteiger partial charge in [-0.25, -0.2) is 4.68 Å². The minimum absolute atomic E-state index is 0.236. The van der Waals surface area contributed by atoms with Crippen molar-refractivity contribution < 1.29 is 9.53 Å². The molecule has 1 aliphatic carbocycles. The van der Waals surface area contributed by atoms with Crippen LogP contribution in [0.25, 0.3) is 0 Å². The van der Waals surface area contributed by atoms with Gasteiger partial charge in [-0.15, -0.1) is 5.10 Å². The summed E-state index contributed by atoms with van der Waals surface area (Å²) in [6.07, 6.45) is 2.25. The Kier molecular flexibility index (Phi) is 4.98. The van der Waals surface area contributed by atoms with Gasteiger partial charge in [0.25, 0.3) is 0 Å². The number of hydrogen-bond acceptors (Lipinski definition) is 7. The number of thioether (sulfide) groups is 1. The van der Waals surface area contributed by atoms with Crippen molar-refractivity contribution in [2.75, 3.05) is 18.9 Å². The third-order valence-electron chi connectivity index (χ3n) is 3.14. The smallest absolute Gasteiger partial charge is 0.326 e. The monoisotopic (exact) mass is 299 g/mol. The molecule has 1 N–H and O–H groups in total. The lowest BCUT2D eigenvalue weighted by atomic mass is 10.1. The third-order valence-corrected chi connectivity index (χ3v) is 4.39. The first-order valence-corrected chi connectivity index (χ1v) is 7.92. The van der Waals surface area contributed by atoms with Gasteiger partial charge in [-0.3, -0.25) is 4.79 Å². The Hall–Kier alpha value is -1.15. The molecule has 7 nitrogen and oxygen atoms in total. The van der Waals surface area contributed by atoms with Gasteiger partial charge >= 0.3 is 5.97 Å². The number of rotatable bonds is 8. The van der Waals surface area contributed by atoms with Crippen LogP contribution in [0.4, 0.5) is 0 Å². The van der Waals surface area contributed by atoms with Crippen LogP contribution in [0.15, 0.2) is 5.16 Å². The van der Waals surface area contributed by atoms with Gasteiger partial charge in [0.05, 0.1) is 12.6 Å². The summed E-state index contributed by atoms with van der Waals surface area (Å²) in [4.78, 5) is 12.1. The molecule has 2 rings (SSSR count). The fourth-order valence-corrected chi connectivity index (χ4v) is 2.95. The van der Waals surface area contributed by atoms with E-state index >= 15 is 0 Å². The maximum absolute atomic E-state index is 12.1. The molecule has 1 saturated carbocycles. The zero-order chi connectivity index (χ0) is 14.6. The summed E-state index contributed by atoms with van der Waals surface area (Å²) in [5, 5.41) is 15.7. The van der Waals surface area contributed by atoms with Gasteiger partial charge in [0.2, 0.25) is 5.16 Å². The van der Waals surface area contributed by atoms with Crippen LogP contribution >= 0.6 is 11.8 Å². The quantitative estimate of drug-likeness (QED) is 0.567. The molecule has 0 bridgehead atoms. The SMILES string of the molecule is CCNC(C)(CSc1nnnn1C1CC1)C(=O)OCC. The molecule has 1 aromatic rings. The molecule has 1 aliphatic rings. The first-order chi connectivity index (χ1) is 9.60. The van der Waals surface area contributed by atoms with Crippen molar-refractivity contribution in [3.8, 4) is 0 Å². The van der Waals surface area contributed by atoms with E-state index < -0.39 is 5.54 Å². The number of esters is 1. The average molecular weight is 299 g/mol. The first kappa shape index (κ1) is 15.2. The van der Waals surface area contributed by atoms with Crippen molar-refractivity contribution >= 4 is 17.7 Å². The number of nitrogens with one attached hydrogen (secondary N) is 1. The van der Waals surface area contributed by atoms with E-state index in [4.69, 9.17) is 4.74 Å². The fraction of sp³-hybridized carbons (Fsp3) is 0.833. The highest BCUT2D eigenvalue weighted by molar-refractivity contribution is 7.99. The van der Waals surface area contributed by atoms with Crippen LogP contribution in [0.1, 0.15) is 39.7 Å². The maximum atomic E-state index is 12.1. The molecule has 0 radical (unpaired) electrons. The van der Waals surface area contributed by atoms with Gasteiger partial charge in [-0.05, 0) is 43.7 Å². The molecule has 20 heavy (non-hydrogen) atoms. The van der Waals surface area contributed by atoms with Gasteiger partial charge in [0.15, 0.2) is 0 Å². The minimum Gasteiger partial charge on any atom is -0.465 e. The second kappa shape index (κ2) is 6.53. The Balaban J connectivity index is 2.00. The van der Waals surface area contributed by atoms with E-state index in [1.165, 1.54) is 11.8 Å². The number of hydrogen-bond donors (Lipinski definition) is 1. The van der Waals surface area contributed by atoms with Gasteiger partial charge in [0, 0.05) is 5.75 Å². The van der Waals surface area contributed by atoms with Crippen molar-refractivity contribution in [3.05, 3.63) is 0 Å². The summed E-state index contributed by atoms with van der Waals surface area (Å²) in [5.41, 5.74) is -0.726. The molecule has 1 unspecified atom stereocenters. The molecule has 1 aromatic heterocycles. The molecule has 1 fully saturated rings. The van der Waals surface area contributed by atoms with Gasteiger partial charge in [0.1, 0.15) is 5.54 Å². The van der Waals surface area contributed by atoms with E-state index in [2.05, 4.69) is 20.8 Å². The van der Waals surface area contributed by atoms with E-state index in [9.17, 15) is 4.79 Å². The number of carbonyl (C=O) groups excluding carboxylic acids is 1. The Morgan fingerprint density at radius 2 is 2.30 bits per heavy atom. The maximum Gasteiger partial charge on any atom is 0.326 e. The van der Waals surface area contributed by atoms with Crippen LogP contribution in [0.5, 0.6) is 0 Å². The summed E-state index contributed by atoms with van der Waals surface area (Å²) in [5.74, 6) is 0.298. The Morgan fingerprint density at radius 1 is 1.55 bits per heavy atom. The number of carbonyl (C=O) groups is 1. The number of ether oxygens (including phenoxy) is 1. The molecule has 0 amide bonds. The molecule has 0 aromatic carbocycles. The second-order valence-electron chi connectivity index (χ2n) is 5.01. The standard InChI is InChI=1S/C12H21N5O2S/c1-4-13-12(3,10(18)19-5-2)8-20-11-14-15-16-17(11)9-6-7-9/h9,13H,4-8H2,1-3H3. The molecule has 1 heterocycles. The zero-order valence-electron chi connectivity index (χ0n) is 12.1. The highest BCUT2D eigenvalue weighted by Crippen LogP contribution is 2.36. The summed E-state index contributed by atoms with van der Waals surface area (Å²) in [7, 11) is 0. The molecule has 0 spiro atoms. The number of aromatic nitrogens is 4. The lowest BCUT2D eigenvalue weighted by molar-refractivity contribution is -0.149. The van der Waals surface area contributed by atoms with Crippen molar-refractivity contribution in [1.29, 1.82) is 0 Å². The number of likely N-dealkylation sites (N-methyl/N-ethyl adjacent to an activating group) is 1. The van der Waals surface area contributed by atoms with Crippen LogP contribution in [0.2, 0.25) is 0 Å². The third kappa shape index (κ3) is 3.49. The van der Waals surface area contributed by atoms with Crippen LogP contribution in [-0.4, -0.2) is 50.6 Å². The van der Waals surface area contributed by atoms with Crippen LogP contribution in [0, 0.1) is 0 Å². The summed E-state index contributed by atoms with van der Waals surface area (Å²) >= 11 is 1.49. The zero-order valence-corrected chi connectivity index (χ0v) is 12.9. The average Bonchev–Trinajstić information content (AvgIpc) is 3.16. The molecule has 1 atom stereocenters. The van der Waals surface area contributed by atoms with E-state index in [0.717, 1.165) is 18.0 Å². The van der Waals surface area contributed by atoms with E-state index in [1.807, 2.05) is 25.5 Å². The van der Waals surface area contributed by atoms with E-state index in [0.29, 0.717) is 24.9 Å². The van der Waals surface area contributed by atoms with Crippen molar-refractivity contribution in [2.45, 2.75) is 50.4 Å². The Labute approximate surface area is 122 Å².